The van der Waals surface area contributed by atoms with Gasteiger partial charge in [-0.15, -0.1) is 0 Å². The fraction of sp³-hybridized carbons (Fsp3) is 0.222. The molecule has 1 aliphatic rings. The Bertz CT molecular complexity index is 283. The standard InChI is InChI=1S/C9H9NS/c11-6-9-8-4-2-1-3-7(8)5-10-9/h1-4,6,9-10H,5H2. The Balaban J connectivity index is 2.46. The monoisotopic (exact) mass is 163 g/mol. The minimum absolute atomic E-state index is 0.293. The van der Waals surface area contributed by atoms with Crippen LogP contribution in [0.4, 0.5) is 0 Å². The summed E-state index contributed by atoms with van der Waals surface area (Å²) in [6.07, 6.45) is 0. The van der Waals surface area contributed by atoms with Crippen LogP contribution >= 0.6 is 12.2 Å². The van der Waals surface area contributed by atoms with Crippen molar-refractivity contribution in [3.63, 3.8) is 0 Å². The Labute approximate surface area is 71.4 Å². The van der Waals surface area contributed by atoms with E-state index in [9.17, 15) is 0 Å². The van der Waals surface area contributed by atoms with Crippen LogP contribution in [0.1, 0.15) is 17.2 Å². The number of hydrogen-bond acceptors (Lipinski definition) is 2. The lowest BCUT2D eigenvalue weighted by Gasteiger charge is -2.02. The highest BCUT2D eigenvalue weighted by Crippen LogP contribution is 2.22. The second-order valence-electron chi connectivity index (χ2n) is 2.69. The lowest BCUT2D eigenvalue weighted by atomic mass is 10.1. The first kappa shape index (κ1) is 6.95. The molecule has 0 spiro atoms. The summed E-state index contributed by atoms with van der Waals surface area (Å²) in [7, 11) is 0. The molecule has 0 fully saturated rings. The van der Waals surface area contributed by atoms with Gasteiger partial charge < -0.3 is 5.32 Å². The molecule has 11 heavy (non-hydrogen) atoms. The van der Waals surface area contributed by atoms with E-state index in [0.29, 0.717) is 6.04 Å². The van der Waals surface area contributed by atoms with Crippen molar-refractivity contribution in [2.75, 3.05) is 0 Å². The quantitative estimate of drug-likeness (QED) is 0.634. The van der Waals surface area contributed by atoms with E-state index in [4.69, 9.17) is 12.2 Å². The third kappa shape index (κ3) is 1.08. The van der Waals surface area contributed by atoms with E-state index in [2.05, 4.69) is 29.6 Å². The Morgan fingerprint density at radius 2 is 2.27 bits per heavy atom. The molecule has 1 N–H and O–H groups in total. The average Bonchev–Trinajstić information content (AvgIpc) is 2.47. The molecule has 0 aromatic heterocycles. The second-order valence-corrected chi connectivity index (χ2v) is 2.97. The van der Waals surface area contributed by atoms with Gasteiger partial charge in [-0.05, 0) is 11.1 Å². The molecule has 0 saturated heterocycles. The summed E-state index contributed by atoms with van der Waals surface area (Å²) in [6.45, 7) is 0.952. The fourth-order valence-electron chi connectivity index (χ4n) is 1.45. The van der Waals surface area contributed by atoms with Crippen LogP contribution in [0.5, 0.6) is 0 Å². The van der Waals surface area contributed by atoms with Crippen LogP contribution in [-0.2, 0) is 6.54 Å². The molecule has 1 heterocycles. The molecule has 1 aliphatic heterocycles. The third-order valence-corrected chi connectivity index (χ3v) is 2.31. The van der Waals surface area contributed by atoms with Crippen molar-refractivity contribution in [1.82, 2.24) is 5.32 Å². The summed E-state index contributed by atoms with van der Waals surface area (Å²) < 4.78 is 0. The zero-order chi connectivity index (χ0) is 7.68. The summed E-state index contributed by atoms with van der Waals surface area (Å²) in [4.78, 5) is 0. The maximum absolute atomic E-state index is 4.90. The van der Waals surface area contributed by atoms with E-state index < -0.39 is 0 Å². The molecule has 0 radical (unpaired) electrons. The van der Waals surface area contributed by atoms with E-state index in [1.54, 1.807) is 5.37 Å². The molecule has 1 atom stereocenters. The maximum atomic E-state index is 4.90. The van der Waals surface area contributed by atoms with Crippen molar-refractivity contribution in [2.24, 2.45) is 0 Å². The molecular weight excluding hydrogens is 154 g/mol. The van der Waals surface area contributed by atoms with Gasteiger partial charge in [0.05, 0.1) is 6.04 Å². The number of rotatable bonds is 1. The number of fused-ring (bicyclic) bond motifs is 1. The minimum atomic E-state index is 0.293. The van der Waals surface area contributed by atoms with Gasteiger partial charge in [-0.25, -0.2) is 0 Å². The average molecular weight is 163 g/mol. The van der Waals surface area contributed by atoms with Crippen LogP contribution in [-0.4, -0.2) is 5.37 Å². The van der Waals surface area contributed by atoms with Gasteiger partial charge in [0.2, 0.25) is 0 Å². The summed E-state index contributed by atoms with van der Waals surface area (Å²) in [5.74, 6) is 0. The van der Waals surface area contributed by atoms with Crippen LogP contribution in [0, 0.1) is 0 Å². The summed E-state index contributed by atoms with van der Waals surface area (Å²) in [6, 6.07) is 8.68. The topological polar surface area (TPSA) is 12.0 Å². The van der Waals surface area contributed by atoms with Crippen LogP contribution in [0.3, 0.4) is 0 Å². The van der Waals surface area contributed by atoms with Gasteiger partial charge in [0.1, 0.15) is 0 Å². The normalized spacial score (nSPS) is 21.3. The zero-order valence-corrected chi connectivity index (χ0v) is 6.90. The number of hydrogen-bond donors (Lipinski definition) is 1. The molecule has 1 unspecified atom stereocenters. The van der Waals surface area contributed by atoms with Gasteiger partial charge in [-0.3, -0.25) is 0 Å². The molecule has 2 rings (SSSR count). The van der Waals surface area contributed by atoms with Gasteiger partial charge in [0.25, 0.3) is 0 Å². The van der Waals surface area contributed by atoms with Crippen LogP contribution in [0.2, 0.25) is 0 Å². The lowest BCUT2D eigenvalue weighted by Crippen LogP contribution is -2.11. The summed E-state index contributed by atoms with van der Waals surface area (Å²) in [5, 5.41) is 5.10. The molecule has 1 aromatic rings. The third-order valence-electron chi connectivity index (χ3n) is 2.04. The van der Waals surface area contributed by atoms with Gasteiger partial charge in [0, 0.05) is 11.9 Å². The lowest BCUT2D eigenvalue weighted by molar-refractivity contribution is 0.728. The van der Waals surface area contributed by atoms with Gasteiger partial charge in [-0.1, -0.05) is 36.5 Å². The Morgan fingerprint density at radius 1 is 1.45 bits per heavy atom. The van der Waals surface area contributed by atoms with Gasteiger partial charge in [-0.2, -0.15) is 0 Å². The predicted molar refractivity (Wildman–Crippen MR) is 49.7 cm³/mol. The highest BCUT2D eigenvalue weighted by Gasteiger charge is 2.17. The highest BCUT2D eigenvalue weighted by atomic mass is 32.1. The van der Waals surface area contributed by atoms with Crippen molar-refractivity contribution in [1.29, 1.82) is 0 Å². The van der Waals surface area contributed by atoms with E-state index in [0.717, 1.165) is 6.54 Å². The van der Waals surface area contributed by atoms with Crippen molar-refractivity contribution < 1.29 is 0 Å². The van der Waals surface area contributed by atoms with E-state index in [-0.39, 0.29) is 0 Å². The van der Waals surface area contributed by atoms with Crippen molar-refractivity contribution in [2.45, 2.75) is 12.6 Å². The first-order valence-corrected chi connectivity index (χ1v) is 4.15. The van der Waals surface area contributed by atoms with Crippen molar-refractivity contribution in [3.05, 3.63) is 35.4 Å². The van der Waals surface area contributed by atoms with E-state index in [1.807, 2.05) is 0 Å². The molecule has 0 bridgehead atoms. The first-order valence-electron chi connectivity index (χ1n) is 3.68. The Kier molecular flexibility index (Phi) is 1.72. The Hall–Kier alpha value is -0.730. The summed E-state index contributed by atoms with van der Waals surface area (Å²) >= 11 is 4.90. The molecule has 2 heteroatoms. The molecule has 56 valence electrons. The van der Waals surface area contributed by atoms with Gasteiger partial charge >= 0.3 is 0 Å². The van der Waals surface area contributed by atoms with E-state index in [1.165, 1.54) is 11.1 Å². The molecule has 0 saturated carbocycles. The number of benzene rings is 1. The Morgan fingerprint density at radius 3 is 3.09 bits per heavy atom. The summed E-state index contributed by atoms with van der Waals surface area (Å²) in [5.41, 5.74) is 2.71. The molecule has 1 nitrogen and oxygen atoms in total. The maximum Gasteiger partial charge on any atom is 0.0615 e. The number of nitrogens with one attached hydrogen (secondary N) is 1. The van der Waals surface area contributed by atoms with Crippen molar-refractivity contribution in [3.8, 4) is 0 Å². The highest BCUT2D eigenvalue weighted by molar-refractivity contribution is 7.79. The first-order chi connectivity index (χ1) is 5.42. The molecular formula is C9H9NS. The molecule has 0 aliphatic carbocycles. The predicted octanol–water partition coefficient (Wildman–Crippen LogP) is 1.83. The number of thiocarbonyl (C=S) groups is 1. The smallest absolute Gasteiger partial charge is 0.0615 e. The van der Waals surface area contributed by atoms with E-state index >= 15 is 0 Å². The van der Waals surface area contributed by atoms with Gasteiger partial charge in [0.15, 0.2) is 0 Å². The fourth-order valence-corrected chi connectivity index (χ4v) is 1.69. The zero-order valence-electron chi connectivity index (χ0n) is 6.08. The van der Waals surface area contributed by atoms with Crippen LogP contribution in [0.15, 0.2) is 24.3 Å². The molecule has 0 amide bonds. The minimum Gasteiger partial charge on any atom is -0.302 e. The largest absolute Gasteiger partial charge is 0.302 e. The molecule has 1 aromatic carbocycles. The second kappa shape index (κ2) is 2.72. The van der Waals surface area contributed by atoms with Crippen LogP contribution < -0.4 is 5.32 Å². The van der Waals surface area contributed by atoms with Crippen LogP contribution in [0.25, 0.3) is 0 Å². The van der Waals surface area contributed by atoms with Crippen molar-refractivity contribution >= 4 is 17.6 Å². The SMILES string of the molecule is S=CC1NCc2ccccc21.